The van der Waals surface area contributed by atoms with E-state index < -0.39 is 26.7 Å². The van der Waals surface area contributed by atoms with Crippen LogP contribution in [0.3, 0.4) is 0 Å². The van der Waals surface area contributed by atoms with Crippen molar-refractivity contribution in [2.24, 2.45) is 5.92 Å². The zero-order valence-electron chi connectivity index (χ0n) is 21.0. The first-order chi connectivity index (χ1) is 19.0. The molecule has 3 fully saturated rings. The number of nitrogens with zero attached hydrogens (tertiary/aromatic N) is 7. The van der Waals surface area contributed by atoms with E-state index in [2.05, 4.69) is 25.2 Å². The molecule has 212 valence electrons. The molecular formula is C23H24F3N9O3S2. The van der Waals surface area contributed by atoms with Crippen LogP contribution in [0.2, 0.25) is 0 Å². The number of fused-ring (bicyclic) bond motifs is 1. The largest absolute Gasteiger partial charge is 0.445 e. The number of carbonyl (C=O) groups excluding carboxylic acids is 1. The molecule has 1 saturated carbocycles. The number of nitriles is 1. The molecule has 17 heteroatoms. The third-order valence-electron chi connectivity index (χ3n) is 7.40. The van der Waals surface area contributed by atoms with Crippen molar-refractivity contribution in [2.75, 3.05) is 44.2 Å². The molecule has 3 aliphatic rings. The van der Waals surface area contributed by atoms with Crippen LogP contribution in [-0.4, -0.2) is 83.6 Å². The first kappa shape index (κ1) is 26.9. The maximum absolute atomic E-state index is 13.4. The quantitative estimate of drug-likeness (QED) is 0.432. The molecule has 6 rings (SSSR count). The van der Waals surface area contributed by atoms with E-state index in [4.69, 9.17) is 0 Å². The van der Waals surface area contributed by atoms with Gasteiger partial charge in [0.1, 0.15) is 10.4 Å². The van der Waals surface area contributed by atoms with Crippen LogP contribution in [0.15, 0.2) is 23.4 Å². The van der Waals surface area contributed by atoms with Crippen molar-refractivity contribution >= 4 is 38.5 Å². The van der Waals surface area contributed by atoms with Crippen molar-refractivity contribution in [1.29, 1.82) is 5.26 Å². The van der Waals surface area contributed by atoms with Gasteiger partial charge in [-0.2, -0.15) is 23.2 Å². The lowest BCUT2D eigenvalue weighted by Crippen LogP contribution is -2.50. The summed E-state index contributed by atoms with van der Waals surface area (Å²) in [5.74, 6) is 0.0359. The van der Waals surface area contributed by atoms with Crippen molar-refractivity contribution in [3.63, 3.8) is 0 Å². The topological polar surface area (TPSA) is 149 Å². The summed E-state index contributed by atoms with van der Waals surface area (Å²) in [6.07, 6.45) is -0.427. The molecular weight excluding hydrogens is 571 g/mol. The standard InChI is InChI=1S/C23H24F3N9O3S2/c24-23(25,26)21-31-30-19(39-21)18-29-11-17-16(33-5-7-34(8-6-33)20(36)14-1-4-28-10-14)9-15(12-35(17)18)40(37,38)32-22(13-27)2-3-22/h9,11-12,14,28,32H,1-8,10H2/t14-/m1/s1. The predicted octanol–water partition coefficient (Wildman–Crippen LogP) is 1.46. The number of amides is 1. The number of hydrogen-bond donors (Lipinski definition) is 2. The van der Waals surface area contributed by atoms with E-state index in [1.165, 1.54) is 22.9 Å². The van der Waals surface area contributed by atoms with Gasteiger partial charge in [-0.25, -0.2) is 13.4 Å². The Morgan fingerprint density at radius 1 is 1.23 bits per heavy atom. The van der Waals surface area contributed by atoms with Gasteiger partial charge < -0.3 is 15.1 Å². The van der Waals surface area contributed by atoms with Crippen LogP contribution in [0, 0.1) is 17.2 Å². The zero-order valence-corrected chi connectivity index (χ0v) is 22.6. The highest BCUT2D eigenvalue weighted by atomic mass is 32.2. The van der Waals surface area contributed by atoms with Crippen LogP contribution in [0.4, 0.5) is 18.9 Å². The monoisotopic (exact) mass is 595 g/mol. The van der Waals surface area contributed by atoms with Gasteiger partial charge in [0.05, 0.1) is 29.4 Å². The van der Waals surface area contributed by atoms with Gasteiger partial charge in [0.15, 0.2) is 10.8 Å². The summed E-state index contributed by atoms with van der Waals surface area (Å²) in [5, 5.41) is 18.2. The Balaban J connectivity index is 1.37. The highest BCUT2D eigenvalue weighted by molar-refractivity contribution is 7.89. The molecule has 3 aromatic rings. The van der Waals surface area contributed by atoms with Crippen molar-refractivity contribution in [1.82, 2.24) is 34.5 Å². The molecule has 2 N–H and O–H groups in total. The maximum Gasteiger partial charge on any atom is 0.445 e. The molecule has 1 atom stereocenters. The molecule has 0 aromatic carbocycles. The predicted molar refractivity (Wildman–Crippen MR) is 137 cm³/mol. The van der Waals surface area contributed by atoms with Crippen LogP contribution >= 0.6 is 11.3 Å². The number of nitrogens with one attached hydrogen (secondary N) is 2. The first-order valence-electron chi connectivity index (χ1n) is 12.6. The number of hydrogen-bond acceptors (Lipinski definition) is 10. The summed E-state index contributed by atoms with van der Waals surface area (Å²) >= 11 is 0.305. The van der Waals surface area contributed by atoms with E-state index in [9.17, 15) is 31.6 Å². The second kappa shape index (κ2) is 9.65. The van der Waals surface area contributed by atoms with Crippen molar-refractivity contribution in [2.45, 2.75) is 35.9 Å². The molecule has 5 heterocycles. The minimum absolute atomic E-state index is 0.00488. The molecule has 0 unspecified atom stereocenters. The third kappa shape index (κ3) is 4.89. The highest BCUT2D eigenvalue weighted by Crippen LogP contribution is 2.38. The fraction of sp³-hybridized carbons (Fsp3) is 0.522. The zero-order chi connectivity index (χ0) is 28.3. The SMILES string of the molecule is N#CC1(NS(=O)(=O)c2cc(N3CCN(C(=O)[C@@H]4CCNC4)CC3)c3cnc(-c4nnc(C(F)(F)F)s4)n3c2)CC1. The van der Waals surface area contributed by atoms with E-state index in [1.807, 2.05) is 11.0 Å². The normalized spacial score (nSPS) is 21.1. The van der Waals surface area contributed by atoms with Crippen LogP contribution in [0.25, 0.3) is 16.3 Å². The molecule has 2 saturated heterocycles. The Hall–Kier alpha value is -3.33. The number of aromatic nitrogens is 4. The lowest BCUT2D eigenvalue weighted by molar-refractivity contribution is -0.138. The van der Waals surface area contributed by atoms with E-state index in [-0.39, 0.29) is 27.6 Å². The summed E-state index contributed by atoms with van der Waals surface area (Å²) in [7, 11) is -4.18. The van der Waals surface area contributed by atoms with Crippen LogP contribution in [-0.2, 0) is 21.0 Å². The molecule has 0 radical (unpaired) electrons. The third-order valence-corrected chi connectivity index (χ3v) is 9.87. The summed E-state index contributed by atoms with van der Waals surface area (Å²) in [6, 6.07) is 3.46. The van der Waals surface area contributed by atoms with Gasteiger partial charge in [0.25, 0.3) is 0 Å². The smallest absolute Gasteiger partial charge is 0.366 e. The molecule has 0 bridgehead atoms. The van der Waals surface area contributed by atoms with Crippen molar-refractivity contribution < 1.29 is 26.4 Å². The minimum atomic E-state index is -4.69. The van der Waals surface area contributed by atoms with E-state index in [0.717, 1.165) is 13.0 Å². The molecule has 3 aromatic heterocycles. The van der Waals surface area contributed by atoms with E-state index in [0.29, 0.717) is 68.1 Å². The lowest BCUT2D eigenvalue weighted by Gasteiger charge is -2.37. The van der Waals surface area contributed by atoms with Gasteiger partial charge in [0, 0.05) is 38.9 Å². The average Bonchev–Trinajstić information content (AvgIpc) is 3.38. The van der Waals surface area contributed by atoms with Crippen molar-refractivity contribution in [3.8, 4) is 16.9 Å². The maximum atomic E-state index is 13.4. The number of alkyl halides is 3. The molecule has 40 heavy (non-hydrogen) atoms. The van der Waals surface area contributed by atoms with Crippen LogP contribution in [0.1, 0.15) is 24.3 Å². The first-order valence-corrected chi connectivity index (χ1v) is 14.9. The second-order valence-corrected chi connectivity index (χ2v) is 12.8. The van der Waals surface area contributed by atoms with E-state index >= 15 is 0 Å². The van der Waals surface area contributed by atoms with E-state index in [1.54, 1.807) is 4.90 Å². The average molecular weight is 596 g/mol. The lowest BCUT2D eigenvalue weighted by atomic mass is 10.1. The number of rotatable bonds is 6. The summed E-state index contributed by atoms with van der Waals surface area (Å²) in [6.45, 7) is 3.15. The number of anilines is 1. The number of halogens is 3. The fourth-order valence-corrected chi connectivity index (χ4v) is 7.11. The summed E-state index contributed by atoms with van der Waals surface area (Å²) in [5.41, 5.74) is -0.231. The van der Waals surface area contributed by atoms with Crippen LogP contribution < -0.4 is 14.9 Å². The van der Waals surface area contributed by atoms with Gasteiger partial charge in [-0.05, 0) is 31.9 Å². The van der Waals surface area contributed by atoms with Gasteiger partial charge in [-0.15, -0.1) is 10.2 Å². The van der Waals surface area contributed by atoms with Gasteiger partial charge in [-0.1, -0.05) is 11.3 Å². The number of carbonyl (C=O) groups is 1. The number of pyridine rings is 1. The number of imidazole rings is 1. The van der Waals surface area contributed by atoms with Gasteiger partial charge in [-0.3, -0.25) is 9.20 Å². The summed E-state index contributed by atoms with van der Waals surface area (Å²) < 4.78 is 70.2. The van der Waals surface area contributed by atoms with Gasteiger partial charge >= 0.3 is 6.18 Å². The Morgan fingerprint density at radius 2 is 1.98 bits per heavy atom. The van der Waals surface area contributed by atoms with Gasteiger partial charge in [0.2, 0.25) is 20.9 Å². The molecule has 12 nitrogen and oxygen atoms in total. The molecule has 1 aliphatic carbocycles. The fourth-order valence-electron chi connectivity index (χ4n) is 5.01. The Morgan fingerprint density at radius 3 is 2.58 bits per heavy atom. The summed E-state index contributed by atoms with van der Waals surface area (Å²) in [4.78, 5) is 20.7. The van der Waals surface area contributed by atoms with Crippen molar-refractivity contribution in [3.05, 3.63) is 23.5 Å². The second-order valence-electron chi connectivity index (χ2n) is 10.1. The number of sulfonamides is 1. The Bertz CT molecular complexity index is 1610. The minimum Gasteiger partial charge on any atom is -0.366 e. The van der Waals surface area contributed by atoms with Crippen LogP contribution in [0.5, 0.6) is 0 Å². The Labute approximate surface area is 230 Å². The number of piperazine rings is 1. The molecule has 2 aliphatic heterocycles. The molecule has 1 amide bonds. The Kier molecular flexibility index (Phi) is 6.48. The highest BCUT2D eigenvalue weighted by Gasteiger charge is 2.47. The molecule has 0 spiro atoms.